The first-order valence-electron chi connectivity index (χ1n) is 5.90. The maximum absolute atomic E-state index is 13.9. The molecule has 0 amide bonds. The van der Waals surface area contributed by atoms with Gasteiger partial charge in [0.1, 0.15) is 5.82 Å². The van der Waals surface area contributed by atoms with E-state index in [-0.39, 0.29) is 23.4 Å². The summed E-state index contributed by atoms with van der Waals surface area (Å²) in [6.07, 6.45) is 0. The third-order valence-electron chi connectivity index (χ3n) is 3.17. The number of sulfone groups is 1. The van der Waals surface area contributed by atoms with Gasteiger partial charge in [-0.15, -0.1) is 0 Å². The van der Waals surface area contributed by atoms with Gasteiger partial charge in [0.25, 0.3) is 0 Å². The Bertz CT molecular complexity index is 529. The molecule has 6 heteroatoms. The minimum Gasteiger partial charge on any atom is -0.367 e. The molecule has 18 heavy (non-hydrogen) atoms. The van der Waals surface area contributed by atoms with Crippen LogP contribution in [0.3, 0.4) is 0 Å². The molecule has 1 atom stereocenters. The van der Waals surface area contributed by atoms with Crippen LogP contribution in [0, 0.1) is 5.82 Å². The van der Waals surface area contributed by atoms with Crippen molar-refractivity contribution in [1.82, 2.24) is 0 Å². The third-order valence-corrected chi connectivity index (χ3v) is 4.78. The summed E-state index contributed by atoms with van der Waals surface area (Å²) in [4.78, 5) is 1.77. The normalized spacial score (nSPS) is 20.7. The highest BCUT2D eigenvalue weighted by molar-refractivity contribution is 7.91. The highest BCUT2D eigenvalue weighted by Crippen LogP contribution is 2.29. The van der Waals surface area contributed by atoms with Crippen LogP contribution in [0.2, 0.25) is 0 Å². The summed E-state index contributed by atoms with van der Waals surface area (Å²) in [6.45, 7) is 2.44. The molecule has 0 bridgehead atoms. The van der Waals surface area contributed by atoms with E-state index in [2.05, 4.69) is 0 Å². The standard InChI is InChI=1S/C12H17FN2O2S/c1-9(14)10-3-2-4-11(13)12(10)15-5-7-18(16,17)8-6-15/h2-4,9H,5-8,14H2,1H3/t9-/m1/s1. The Morgan fingerprint density at radius 1 is 1.33 bits per heavy atom. The molecule has 1 aliphatic rings. The first kappa shape index (κ1) is 13.3. The quantitative estimate of drug-likeness (QED) is 0.875. The number of nitrogens with zero attached hydrogens (tertiary/aromatic N) is 1. The van der Waals surface area contributed by atoms with Gasteiger partial charge in [0.15, 0.2) is 9.84 Å². The van der Waals surface area contributed by atoms with E-state index in [9.17, 15) is 12.8 Å². The molecule has 1 aliphatic heterocycles. The fourth-order valence-corrected chi connectivity index (χ4v) is 3.37. The molecule has 2 N–H and O–H groups in total. The van der Waals surface area contributed by atoms with Gasteiger partial charge in [-0.1, -0.05) is 12.1 Å². The lowest BCUT2D eigenvalue weighted by atomic mass is 10.1. The minimum absolute atomic E-state index is 0.0692. The number of hydrogen-bond acceptors (Lipinski definition) is 4. The molecule has 1 fully saturated rings. The molecule has 1 heterocycles. The van der Waals surface area contributed by atoms with E-state index >= 15 is 0 Å². The van der Waals surface area contributed by atoms with Crippen LogP contribution in [0.15, 0.2) is 18.2 Å². The number of para-hydroxylation sites is 1. The van der Waals surface area contributed by atoms with Gasteiger partial charge in [0.2, 0.25) is 0 Å². The maximum Gasteiger partial charge on any atom is 0.153 e. The number of hydrogen-bond donors (Lipinski definition) is 1. The van der Waals surface area contributed by atoms with Gasteiger partial charge in [-0.2, -0.15) is 0 Å². The van der Waals surface area contributed by atoms with Crippen LogP contribution >= 0.6 is 0 Å². The average Bonchev–Trinajstić information content (AvgIpc) is 2.29. The van der Waals surface area contributed by atoms with Crippen molar-refractivity contribution in [3.63, 3.8) is 0 Å². The zero-order valence-electron chi connectivity index (χ0n) is 10.3. The largest absolute Gasteiger partial charge is 0.367 e. The van der Waals surface area contributed by atoms with Crippen LogP contribution in [0.1, 0.15) is 18.5 Å². The Hall–Kier alpha value is -1.14. The number of anilines is 1. The Morgan fingerprint density at radius 2 is 1.94 bits per heavy atom. The zero-order valence-corrected chi connectivity index (χ0v) is 11.1. The predicted octanol–water partition coefficient (Wildman–Crippen LogP) is 1.08. The van der Waals surface area contributed by atoms with Crippen LogP contribution in [-0.2, 0) is 9.84 Å². The van der Waals surface area contributed by atoms with E-state index < -0.39 is 9.84 Å². The van der Waals surface area contributed by atoms with Crippen LogP contribution in [0.5, 0.6) is 0 Å². The second-order valence-corrected chi connectivity index (χ2v) is 6.91. The van der Waals surface area contributed by atoms with Crippen molar-refractivity contribution in [2.75, 3.05) is 29.5 Å². The highest BCUT2D eigenvalue weighted by Gasteiger charge is 2.25. The van der Waals surface area contributed by atoms with E-state index in [1.807, 2.05) is 0 Å². The maximum atomic E-state index is 13.9. The molecule has 0 aromatic heterocycles. The van der Waals surface area contributed by atoms with E-state index in [4.69, 9.17) is 5.73 Å². The van der Waals surface area contributed by atoms with E-state index in [1.54, 1.807) is 24.0 Å². The first-order valence-corrected chi connectivity index (χ1v) is 7.72. The van der Waals surface area contributed by atoms with E-state index in [0.29, 0.717) is 24.3 Å². The van der Waals surface area contributed by atoms with Crippen molar-refractivity contribution >= 4 is 15.5 Å². The average molecular weight is 272 g/mol. The summed E-state index contributed by atoms with van der Waals surface area (Å²) < 4.78 is 36.7. The van der Waals surface area contributed by atoms with Crippen molar-refractivity contribution in [3.8, 4) is 0 Å². The molecule has 0 unspecified atom stereocenters. The molecule has 2 rings (SSSR count). The van der Waals surface area contributed by atoms with Crippen molar-refractivity contribution in [2.45, 2.75) is 13.0 Å². The molecule has 0 radical (unpaired) electrons. The van der Waals surface area contributed by atoms with Crippen molar-refractivity contribution in [1.29, 1.82) is 0 Å². The summed E-state index contributed by atoms with van der Waals surface area (Å²) >= 11 is 0. The van der Waals surface area contributed by atoms with E-state index in [0.717, 1.165) is 0 Å². The fourth-order valence-electron chi connectivity index (χ4n) is 2.17. The molecular weight excluding hydrogens is 255 g/mol. The lowest BCUT2D eigenvalue weighted by Crippen LogP contribution is -2.41. The summed E-state index contributed by atoms with van der Waals surface area (Å²) in [5.74, 6) is -0.205. The number of nitrogens with two attached hydrogens (primary N) is 1. The van der Waals surface area contributed by atoms with Crippen LogP contribution in [0.25, 0.3) is 0 Å². The van der Waals surface area contributed by atoms with Crippen LogP contribution in [0.4, 0.5) is 10.1 Å². The molecule has 100 valence electrons. The number of halogens is 1. The van der Waals surface area contributed by atoms with Gasteiger partial charge < -0.3 is 10.6 Å². The topological polar surface area (TPSA) is 63.4 Å². The predicted molar refractivity (Wildman–Crippen MR) is 69.9 cm³/mol. The first-order chi connectivity index (χ1) is 8.41. The zero-order chi connectivity index (χ0) is 13.3. The SMILES string of the molecule is C[C@@H](N)c1cccc(F)c1N1CCS(=O)(=O)CC1. The molecule has 4 nitrogen and oxygen atoms in total. The highest BCUT2D eigenvalue weighted by atomic mass is 32.2. The smallest absolute Gasteiger partial charge is 0.153 e. The number of benzene rings is 1. The summed E-state index contributed by atoms with van der Waals surface area (Å²) in [7, 11) is -2.96. The van der Waals surface area contributed by atoms with E-state index in [1.165, 1.54) is 6.07 Å². The van der Waals surface area contributed by atoms with Crippen molar-refractivity contribution in [2.24, 2.45) is 5.73 Å². The van der Waals surface area contributed by atoms with Gasteiger partial charge >= 0.3 is 0 Å². The minimum atomic E-state index is -2.96. The molecular formula is C12H17FN2O2S. The van der Waals surface area contributed by atoms with Crippen molar-refractivity contribution in [3.05, 3.63) is 29.6 Å². The summed E-state index contributed by atoms with van der Waals surface area (Å²) in [5.41, 5.74) is 7.00. The third kappa shape index (κ3) is 2.64. The van der Waals surface area contributed by atoms with Gasteiger partial charge in [0.05, 0.1) is 17.2 Å². The van der Waals surface area contributed by atoms with Crippen LogP contribution in [-0.4, -0.2) is 33.0 Å². The molecule has 1 aromatic rings. The van der Waals surface area contributed by atoms with Crippen LogP contribution < -0.4 is 10.6 Å². The molecule has 0 saturated carbocycles. The molecule has 0 aliphatic carbocycles. The van der Waals surface area contributed by atoms with Gasteiger partial charge in [-0.25, -0.2) is 12.8 Å². The van der Waals surface area contributed by atoms with Gasteiger partial charge in [0, 0.05) is 19.1 Å². The van der Waals surface area contributed by atoms with Gasteiger partial charge in [-0.05, 0) is 18.6 Å². The Kier molecular flexibility index (Phi) is 3.59. The molecule has 1 aromatic carbocycles. The monoisotopic (exact) mass is 272 g/mol. The summed E-state index contributed by atoms with van der Waals surface area (Å²) in [6, 6.07) is 4.50. The second kappa shape index (κ2) is 4.85. The molecule has 0 spiro atoms. The second-order valence-electron chi connectivity index (χ2n) is 4.61. The Morgan fingerprint density at radius 3 is 2.50 bits per heavy atom. The lowest BCUT2D eigenvalue weighted by molar-refractivity contribution is 0.580. The molecule has 1 saturated heterocycles. The Labute approximate surface area is 107 Å². The Balaban J connectivity index is 2.34. The lowest BCUT2D eigenvalue weighted by Gasteiger charge is -2.31. The number of rotatable bonds is 2. The fraction of sp³-hybridized carbons (Fsp3) is 0.500. The van der Waals surface area contributed by atoms with Gasteiger partial charge in [-0.3, -0.25) is 0 Å². The van der Waals surface area contributed by atoms with Crippen molar-refractivity contribution < 1.29 is 12.8 Å². The summed E-state index contributed by atoms with van der Waals surface area (Å²) in [5, 5.41) is 0.